The molecule has 1 saturated heterocycles. The molecule has 1 saturated carbocycles. The monoisotopic (exact) mass is 247 g/mol. The maximum absolute atomic E-state index is 12.1. The number of hydrogen-bond donors (Lipinski definition) is 2. The first kappa shape index (κ1) is 11.5. The van der Waals surface area contributed by atoms with Gasteiger partial charge in [0.2, 0.25) is 0 Å². The maximum atomic E-state index is 12.1. The molecule has 4 heteroatoms. The van der Waals surface area contributed by atoms with Crippen LogP contribution >= 0.6 is 0 Å². The lowest BCUT2D eigenvalue weighted by Gasteiger charge is -2.39. The number of ether oxygens (including phenoxy) is 1. The van der Waals surface area contributed by atoms with Gasteiger partial charge in [0.25, 0.3) is 5.91 Å². The number of rotatable bonds is 2. The summed E-state index contributed by atoms with van der Waals surface area (Å²) in [6.07, 6.45) is 2.30. The highest BCUT2D eigenvalue weighted by Crippen LogP contribution is 2.38. The molecule has 1 aromatic carbocycles. The highest BCUT2D eigenvalue weighted by Gasteiger charge is 2.45. The van der Waals surface area contributed by atoms with Crippen molar-refractivity contribution in [2.75, 3.05) is 6.61 Å². The van der Waals surface area contributed by atoms with E-state index in [1.54, 1.807) is 12.1 Å². The summed E-state index contributed by atoms with van der Waals surface area (Å²) >= 11 is 0. The average Bonchev–Trinajstić information content (AvgIpc) is 2.70. The lowest BCUT2D eigenvalue weighted by Crippen LogP contribution is -2.53. The summed E-state index contributed by atoms with van der Waals surface area (Å²) in [5.41, 5.74) is 1.43. The van der Waals surface area contributed by atoms with E-state index in [9.17, 15) is 9.90 Å². The second kappa shape index (κ2) is 4.28. The molecule has 2 N–H and O–H groups in total. The van der Waals surface area contributed by atoms with Gasteiger partial charge in [-0.15, -0.1) is 0 Å². The third-order valence-corrected chi connectivity index (χ3v) is 4.05. The fourth-order valence-corrected chi connectivity index (χ4v) is 2.86. The van der Waals surface area contributed by atoms with E-state index in [2.05, 4.69) is 5.32 Å². The summed E-state index contributed by atoms with van der Waals surface area (Å²) in [4.78, 5) is 12.1. The molecule has 0 spiro atoms. The topological polar surface area (TPSA) is 58.6 Å². The molecular formula is C14H17NO3. The highest BCUT2D eigenvalue weighted by molar-refractivity contribution is 5.96. The third-order valence-electron chi connectivity index (χ3n) is 4.05. The van der Waals surface area contributed by atoms with E-state index >= 15 is 0 Å². The van der Waals surface area contributed by atoms with Crippen LogP contribution in [-0.2, 0) is 4.74 Å². The average molecular weight is 247 g/mol. The number of carbonyl (C=O) groups excluding carboxylic acids is 1. The molecule has 3 atom stereocenters. The Morgan fingerprint density at radius 1 is 1.50 bits per heavy atom. The van der Waals surface area contributed by atoms with E-state index in [-0.39, 0.29) is 17.7 Å². The van der Waals surface area contributed by atoms with Crippen molar-refractivity contribution in [1.29, 1.82) is 0 Å². The van der Waals surface area contributed by atoms with E-state index in [1.807, 2.05) is 6.92 Å². The maximum Gasteiger partial charge on any atom is 0.251 e. The van der Waals surface area contributed by atoms with Crippen LogP contribution in [0.15, 0.2) is 18.2 Å². The van der Waals surface area contributed by atoms with Crippen LogP contribution in [0, 0.1) is 12.8 Å². The molecule has 1 heterocycles. The molecule has 0 aromatic heterocycles. The van der Waals surface area contributed by atoms with Gasteiger partial charge in [0, 0.05) is 24.1 Å². The van der Waals surface area contributed by atoms with Gasteiger partial charge < -0.3 is 15.2 Å². The molecule has 2 aliphatic rings. The van der Waals surface area contributed by atoms with Crippen LogP contribution in [0.5, 0.6) is 5.75 Å². The molecule has 1 aromatic rings. The van der Waals surface area contributed by atoms with Crippen molar-refractivity contribution >= 4 is 5.91 Å². The fourth-order valence-electron chi connectivity index (χ4n) is 2.86. The van der Waals surface area contributed by atoms with Gasteiger partial charge in [0.15, 0.2) is 0 Å². The van der Waals surface area contributed by atoms with Crippen LogP contribution in [0.25, 0.3) is 0 Å². The Bertz CT molecular complexity index is 486. The second-order valence-electron chi connectivity index (χ2n) is 5.18. The Hall–Kier alpha value is -1.55. The number of nitrogens with one attached hydrogen (secondary N) is 1. The Kier molecular flexibility index (Phi) is 2.74. The molecule has 0 unspecified atom stereocenters. The number of hydrogen-bond acceptors (Lipinski definition) is 3. The van der Waals surface area contributed by atoms with Gasteiger partial charge in [-0.05, 0) is 37.5 Å². The standard InChI is InChI=1S/C14H17NO3/c1-8-2-3-9(16)6-11(8)14(17)15-12-7-13-10(12)4-5-18-13/h2-3,6,10,12-13,16H,4-5,7H2,1H3,(H,15,17)/t10-,12+,13+/m1/s1. The van der Waals surface area contributed by atoms with Gasteiger partial charge in [-0.2, -0.15) is 0 Å². The van der Waals surface area contributed by atoms with Crippen LogP contribution in [-0.4, -0.2) is 29.8 Å². The van der Waals surface area contributed by atoms with Gasteiger partial charge in [-0.25, -0.2) is 0 Å². The number of phenols is 1. The Morgan fingerprint density at radius 2 is 2.33 bits per heavy atom. The van der Waals surface area contributed by atoms with Gasteiger partial charge in [-0.3, -0.25) is 4.79 Å². The number of carbonyl (C=O) groups is 1. The molecule has 3 rings (SSSR count). The van der Waals surface area contributed by atoms with Crippen molar-refractivity contribution in [1.82, 2.24) is 5.32 Å². The lowest BCUT2D eigenvalue weighted by molar-refractivity contribution is 0.00808. The Balaban J connectivity index is 1.69. The van der Waals surface area contributed by atoms with Crippen LogP contribution in [0.2, 0.25) is 0 Å². The Labute approximate surface area is 106 Å². The zero-order valence-electron chi connectivity index (χ0n) is 10.3. The molecule has 18 heavy (non-hydrogen) atoms. The van der Waals surface area contributed by atoms with E-state index in [4.69, 9.17) is 4.74 Å². The zero-order valence-corrected chi connectivity index (χ0v) is 10.3. The van der Waals surface area contributed by atoms with Gasteiger partial charge in [0.1, 0.15) is 5.75 Å². The molecular weight excluding hydrogens is 230 g/mol. The molecule has 96 valence electrons. The van der Waals surface area contributed by atoms with Crippen molar-refractivity contribution in [3.05, 3.63) is 29.3 Å². The number of phenolic OH excluding ortho intramolecular Hbond substituents is 1. The molecule has 0 bridgehead atoms. The van der Waals surface area contributed by atoms with E-state index in [0.717, 1.165) is 25.0 Å². The number of aromatic hydroxyl groups is 1. The molecule has 2 fully saturated rings. The number of amides is 1. The first-order valence-corrected chi connectivity index (χ1v) is 6.37. The molecule has 1 aliphatic heterocycles. The first-order chi connectivity index (χ1) is 8.65. The van der Waals surface area contributed by atoms with Crippen LogP contribution < -0.4 is 5.32 Å². The fraction of sp³-hybridized carbons (Fsp3) is 0.500. The van der Waals surface area contributed by atoms with Crippen molar-refractivity contribution in [3.8, 4) is 5.75 Å². The number of aryl methyl sites for hydroxylation is 1. The minimum absolute atomic E-state index is 0.0984. The molecule has 0 radical (unpaired) electrons. The quantitative estimate of drug-likeness (QED) is 0.834. The summed E-state index contributed by atoms with van der Waals surface area (Å²) in [5, 5.41) is 12.5. The smallest absolute Gasteiger partial charge is 0.251 e. The van der Waals surface area contributed by atoms with Crippen LogP contribution in [0.4, 0.5) is 0 Å². The lowest BCUT2D eigenvalue weighted by atomic mass is 9.76. The van der Waals surface area contributed by atoms with Crippen LogP contribution in [0.1, 0.15) is 28.8 Å². The van der Waals surface area contributed by atoms with Gasteiger partial charge in [-0.1, -0.05) is 6.07 Å². The summed E-state index contributed by atoms with van der Waals surface area (Å²) in [6.45, 7) is 2.68. The zero-order chi connectivity index (χ0) is 12.7. The van der Waals surface area contributed by atoms with Crippen molar-refractivity contribution in [2.24, 2.45) is 5.92 Å². The molecule has 1 aliphatic carbocycles. The number of fused-ring (bicyclic) bond motifs is 1. The highest BCUT2D eigenvalue weighted by atomic mass is 16.5. The minimum Gasteiger partial charge on any atom is -0.508 e. The van der Waals surface area contributed by atoms with Crippen molar-refractivity contribution in [3.63, 3.8) is 0 Å². The predicted molar refractivity (Wildman–Crippen MR) is 66.6 cm³/mol. The summed E-state index contributed by atoms with van der Waals surface area (Å²) < 4.78 is 5.52. The normalized spacial score (nSPS) is 29.5. The van der Waals surface area contributed by atoms with Crippen LogP contribution in [0.3, 0.4) is 0 Å². The van der Waals surface area contributed by atoms with E-state index < -0.39 is 0 Å². The second-order valence-corrected chi connectivity index (χ2v) is 5.18. The number of benzene rings is 1. The summed E-state index contributed by atoms with van der Waals surface area (Å²) in [5.74, 6) is 0.506. The van der Waals surface area contributed by atoms with E-state index in [0.29, 0.717) is 17.6 Å². The van der Waals surface area contributed by atoms with E-state index in [1.165, 1.54) is 6.07 Å². The van der Waals surface area contributed by atoms with Gasteiger partial charge in [0.05, 0.1) is 6.10 Å². The molecule has 1 amide bonds. The van der Waals surface area contributed by atoms with Crippen molar-refractivity contribution in [2.45, 2.75) is 31.9 Å². The third kappa shape index (κ3) is 1.86. The summed E-state index contributed by atoms with van der Waals surface area (Å²) in [7, 11) is 0. The largest absolute Gasteiger partial charge is 0.508 e. The first-order valence-electron chi connectivity index (χ1n) is 6.37. The Morgan fingerprint density at radius 3 is 3.11 bits per heavy atom. The summed E-state index contributed by atoms with van der Waals surface area (Å²) in [6, 6.07) is 5.10. The molecule has 4 nitrogen and oxygen atoms in total. The minimum atomic E-state index is -0.0984. The SMILES string of the molecule is Cc1ccc(O)cc1C(=O)N[C@H]1C[C@@H]2OCC[C@H]12. The van der Waals surface area contributed by atoms with Crippen molar-refractivity contribution < 1.29 is 14.6 Å². The van der Waals surface area contributed by atoms with Gasteiger partial charge >= 0.3 is 0 Å². The predicted octanol–water partition coefficient (Wildman–Crippen LogP) is 1.61.